The molecule has 1 aliphatic heterocycles. The predicted octanol–water partition coefficient (Wildman–Crippen LogP) is 3.83. The van der Waals surface area contributed by atoms with E-state index in [1.165, 1.54) is 35.9 Å². The van der Waals surface area contributed by atoms with E-state index in [2.05, 4.69) is 35.4 Å². The number of rotatable bonds is 4. The number of H-pyrrole nitrogens is 1. The van der Waals surface area contributed by atoms with E-state index in [4.69, 9.17) is 4.74 Å². The van der Waals surface area contributed by atoms with Gasteiger partial charge in [-0.15, -0.1) is 0 Å². The highest BCUT2D eigenvalue weighted by molar-refractivity contribution is 5.85. The van der Waals surface area contributed by atoms with Gasteiger partial charge in [-0.1, -0.05) is 38.0 Å². The highest BCUT2D eigenvalue weighted by Gasteiger charge is 2.24. The Morgan fingerprint density at radius 2 is 2.15 bits per heavy atom. The van der Waals surface area contributed by atoms with Gasteiger partial charge in [-0.25, -0.2) is 4.79 Å². The van der Waals surface area contributed by atoms with Crippen molar-refractivity contribution in [1.82, 2.24) is 15.2 Å². The number of carbonyl (C=O) groups is 1. The van der Waals surface area contributed by atoms with Gasteiger partial charge in [-0.2, -0.15) is 0 Å². The van der Waals surface area contributed by atoms with E-state index in [0.717, 1.165) is 24.9 Å². The van der Waals surface area contributed by atoms with Crippen LogP contribution < -0.4 is 5.32 Å². The third-order valence-electron chi connectivity index (χ3n) is 5.91. The summed E-state index contributed by atoms with van der Waals surface area (Å²) < 4.78 is 6.00. The largest absolute Gasteiger partial charge is 0.376 e. The number of para-hydroxylation sites is 1. The molecule has 0 saturated heterocycles. The summed E-state index contributed by atoms with van der Waals surface area (Å²) in [6.45, 7) is 4.89. The van der Waals surface area contributed by atoms with Crippen LogP contribution in [0.1, 0.15) is 43.9 Å². The Balaban J connectivity index is 1.28. The second-order valence-corrected chi connectivity index (χ2v) is 7.70. The molecule has 2 amide bonds. The molecule has 2 atom stereocenters. The fraction of sp³-hybridized carbons (Fsp3) is 0.571. The molecule has 2 heterocycles. The molecule has 2 aromatic rings. The zero-order valence-electron chi connectivity index (χ0n) is 15.6. The van der Waals surface area contributed by atoms with Gasteiger partial charge in [0, 0.05) is 48.2 Å². The van der Waals surface area contributed by atoms with Crippen LogP contribution in [0, 0.1) is 5.92 Å². The lowest BCUT2D eigenvalue weighted by molar-refractivity contribution is -0.00274. The minimum absolute atomic E-state index is 0.0150. The Morgan fingerprint density at radius 3 is 3.04 bits per heavy atom. The van der Waals surface area contributed by atoms with Crippen molar-refractivity contribution in [2.75, 3.05) is 19.7 Å². The first-order valence-corrected chi connectivity index (χ1v) is 9.95. The number of benzene rings is 1. The van der Waals surface area contributed by atoms with Crippen LogP contribution in [0.5, 0.6) is 0 Å². The van der Waals surface area contributed by atoms with E-state index in [1.807, 2.05) is 11.0 Å². The van der Waals surface area contributed by atoms with Gasteiger partial charge < -0.3 is 19.9 Å². The maximum Gasteiger partial charge on any atom is 0.317 e. The van der Waals surface area contributed by atoms with Crippen molar-refractivity contribution in [1.29, 1.82) is 0 Å². The van der Waals surface area contributed by atoms with Crippen molar-refractivity contribution < 1.29 is 9.53 Å². The summed E-state index contributed by atoms with van der Waals surface area (Å²) in [4.78, 5) is 17.9. The molecule has 2 unspecified atom stereocenters. The first kappa shape index (κ1) is 17.4. The topological polar surface area (TPSA) is 57.4 Å². The lowest BCUT2D eigenvalue weighted by Gasteiger charge is -2.29. The van der Waals surface area contributed by atoms with Gasteiger partial charge in [0.1, 0.15) is 0 Å². The van der Waals surface area contributed by atoms with Crippen molar-refractivity contribution in [3.05, 3.63) is 35.5 Å². The van der Waals surface area contributed by atoms with Crippen LogP contribution in [-0.2, 0) is 17.7 Å². The molecular formula is C21H29N3O2. The third-order valence-corrected chi connectivity index (χ3v) is 5.91. The van der Waals surface area contributed by atoms with Gasteiger partial charge >= 0.3 is 6.03 Å². The quantitative estimate of drug-likeness (QED) is 0.819. The number of hydrogen-bond donors (Lipinski definition) is 2. The van der Waals surface area contributed by atoms with E-state index in [9.17, 15) is 4.79 Å². The minimum atomic E-state index is 0.0150. The number of nitrogens with one attached hydrogen (secondary N) is 2. The van der Waals surface area contributed by atoms with Crippen molar-refractivity contribution in [2.24, 2.45) is 5.92 Å². The van der Waals surface area contributed by atoms with E-state index in [1.54, 1.807) is 0 Å². The van der Waals surface area contributed by atoms with Gasteiger partial charge in [0.15, 0.2) is 0 Å². The van der Waals surface area contributed by atoms with E-state index >= 15 is 0 Å². The zero-order valence-corrected chi connectivity index (χ0v) is 15.6. The normalized spacial score (nSPS) is 23.0. The molecule has 1 aliphatic carbocycles. The van der Waals surface area contributed by atoms with Crippen LogP contribution in [-0.4, -0.2) is 41.7 Å². The molecule has 0 spiro atoms. The van der Waals surface area contributed by atoms with Gasteiger partial charge in [0.05, 0.1) is 12.7 Å². The lowest BCUT2D eigenvalue weighted by Crippen LogP contribution is -2.44. The molecule has 1 aromatic heterocycles. The number of hydrogen-bond acceptors (Lipinski definition) is 2. The summed E-state index contributed by atoms with van der Waals surface area (Å²) in [7, 11) is 0. The summed E-state index contributed by atoms with van der Waals surface area (Å²) >= 11 is 0. The van der Waals surface area contributed by atoms with Crippen LogP contribution >= 0.6 is 0 Å². The maximum absolute atomic E-state index is 12.5. The summed E-state index contributed by atoms with van der Waals surface area (Å²) in [6, 6.07) is 8.34. The highest BCUT2D eigenvalue weighted by atomic mass is 16.5. The average molecular weight is 355 g/mol. The first-order valence-electron chi connectivity index (χ1n) is 9.95. The second kappa shape index (κ2) is 7.70. The van der Waals surface area contributed by atoms with Gasteiger partial charge in [0.25, 0.3) is 0 Å². The third kappa shape index (κ3) is 3.58. The monoisotopic (exact) mass is 355 g/mol. The number of fused-ring (bicyclic) bond motifs is 3. The van der Waals surface area contributed by atoms with Gasteiger partial charge in [-0.05, 0) is 24.8 Å². The number of carbonyl (C=O) groups excluding carboxylic acids is 1. The number of nitrogens with zero attached hydrogens (tertiary/aromatic N) is 1. The molecule has 1 fully saturated rings. The maximum atomic E-state index is 12.5. The number of aromatic amines is 1. The molecule has 2 aliphatic rings. The van der Waals surface area contributed by atoms with Gasteiger partial charge in [-0.3, -0.25) is 0 Å². The van der Waals surface area contributed by atoms with Crippen molar-refractivity contribution >= 4 is 16.9 Å². The number of ether oxygens (including phenoxy) is 1. The lowest BCUT2D eigenvalue weighted by atomic mass is 9.88. The van der Waals surface area contributed by atoms with Crippen LogP contribution in [0.4, 0.5) is 4.79 Å². The SMILES string of the molecule is CC1CCCCC1OCCNC(=O)N1CCc2[nH]c3ccccc3c2C1. The molecule has 2 N–H and O–H groups in total. The summed E-state index contributed by atoms with van der Waals surface area (Å²) in [5.74, 6) is 0.641. The standard InChI is InChI=1S/C21H29N3O2/c1-15-6-2-5-9-20(15)26-13-11-22-21(25)24-12-10-19-17(14-24)16-7-3-4-8-18(16)23-19/h3-4,7-8,15,20,23H,2,5-6,9-14H2,1H3,(H,22,25). The Bertz CT molecular complexity index is 770. The van der Waals surface area contributed by atoms with E-state index in [0.29, 0.717) is 31.7 Å². The fourth-order valence-corrected chi connectivity index (χ4v) is 4.35. The highest BCUT2D eigenvalue weighted by Crippen LogP contribution is 2.28. The Morgan fingerprint density at radius 1 is 1.31 bits per heavy atom. The van der Waals surface area contributed by atoms with Crippen LogP contribution in [0.25, 0.3) is 10.9 Å². The molecule has 1 saturated carbocycles. The smallest absolute Gasteiger partial charge is 0.317 e. The van der Waals surface area contributed by atoms with Crippen molar-refractivity contribution in [3.63, 3.8) is 0 Å². The van der Waals surface area contributed by atoms with Gasteiger partial charge in [0.2, 0.25) is 0 Å². The second-order valence-electron chi connectivity index (χ2n) is 7.70. The van der Waals surface area contributed by atoms with Crippen molar-refractivity contribution in [3.8, 4) is 0 Å². The molecule has 0 bridgehead atoms. The van der Waals surface area contributed by atoms with Crippen LogP contribution in [0.15, 0.2) is 24.3 Å². The summed E-state index contributed by atoms with van der Waals surface area (Å²) in [6.07, 6.45) is 6.25. The average Bonchev–Trinajstić information content (AvgIpc) is 3.04. The Hall–Kier alpha value is -2.01. The molecule has 0 radical (unpaired) electrons. The minimum Gasteiger partial charge on any atom is -0.376 e. The molecule has 26 heavy (non-hydrogen) atoms. The number of urea groups is 1. The number of amides is 2. The molecule has 140 valence electrons. The molecule has 5 heteroatoms. The zero-order chi connectivity index (χ0) is 17.9. The molecule has 5 nitrogen and oxygen atoms in total. The van der Waals surface area contributed by atoms with Crippen molar-refractivity contribution in [2.45, 2.75) is 51.7 Å². The fourth-order valence-electron chi connectivity index (χ4n) is 4.35. The first-order chi connectivity index (χ1) is 12.7. The Kier molecular flexibility index (Phi) is 5.16. The number of aromatic nitrogens is 1. The van der Waals surface area contributed by atoms with Crippen LogP contribution in [0.3, 0.4) is 0 Å². The van der Waals surface area contributed by atoms with Crippen LogP contribution in [0.2, 0.25) is 0 Å². The van der Waals surface area contributed by atoms with E-state index < -0.39 is 0 Å². The summed E-state index contributed by atoms with van der Waals surface area (Å²) in [5.41, 5.74) is 3.69. The summed E-state index contributed by atoms with van der Waals surface area (Å²) in [5, 5.41) is 4.26. The van der Waals surface area contributed by atoms with E-state index in [-0.39, 0.29) is 6.03 Å². The molecular weight excluding hydrogens is 326 g/mol. The Labute approximate surface area is 155 Å². The predicted molar refractivity (Wildman–Crippen MR) is 103 cm³/mol. The molecule has 1 aromatic carbocycles. The molecule has 4 rings (SSSR count).